The van der Waals surface area contributed by atoms with Crippen molar-refractivity contribution < 1.29 is 18.3 Å². The van der Waals surface area contributed by atoms with Gasteiger partial charge in [-0.25, -0.2) is 8.78 Å². The van der Waals surface area contributed by atoms with Gasteiger partial charge in [0.2, 0.25) is 0 Å². The van der Waals surface area contributed by atoms with Gasteiger partial charge >= 0.3 is 5.97 Å². The average molecular weight is 230 g/mol. The van der Waals surface area contributed by atoms with Crippen molar-refractivity contribution in [3.05, 3.63) is 29.3 Å². The van der Waals surface area contributed by atoms with E-state index in [-0.39, 0.29) is 17.7 Å². The summed E-state index contributed by atoms with van der Waals surface area (Å²) < 4.78 is 30.7. The smallest absolute Gasteiger partial charge is 0.322 e. The summed E-state index contributed by atoms with van der Waals surface area (Å²) in [5, 5.41) is 0. The lowest BCUT2D eigenvalue weighted by atomic mass is 10.1. The Kier molecular flexibility index (Phi) is 3.78. The zero-order valence-corrected chi connectivity index (χ0v) is 8.67. The Morgan fingerprint density at radius 3 is 2.62 bits per heavy atom. The second-order valence-corrected chi connectivity index (χ2v) is 3.30. The summed E-state index contributed by atoms with van der Waals surface area (Å²) in [7, 11) is 1.17. The Morgan fingerprint density at radius 2 is 2.06 bits per heavy atom. The first-order valence-corrected chi connectivity index (χ1v) is 4.52. The molecule has 0 radical (unpaired) electrons. The molecule has 0 aliphatic carbocycles. The molecule has 0 saturated carbocycles. The van der Waals surface area contributed by atoms with E-state index in [0.717, 1.165) is 12.1 Å². The van der Waals surface area contributed by atoms with Crippen molar-refractivity contribution in [1.82, 2.24) is 0 Å². The van der Waals surface area contributed by atoms with E-state index in [4.69, 9.17) is 11.5 Å². The number of ether oxygens (including phenoxy) is 1. The molecule has 0 bridgehead atoms. The Morgan fingerprint density at radius 1 is 1.44 bits per heavy atom. The quantitative estimate of drug-likeness (QED) is 0.588. The molecule has 0 aliphatic heterocycles. The summed E-state index contributed by atoms with van der Waals surface area (Å²) in [5.41, 5.74) is 10.3. The van der Waals surface area contributed by atoms with Gasteiger partial charge < -0.3 is 16.2 Å². The minimum Gasteiger partial charge on any atom is -0.468 e. The number of esters is 1. The summed E-state index contributed by atoms with van der Waals surface area (Å²) in [6.45, 7) is 0. The number of halogens is 2. The highest BCUT2D eigenvalue weighted by molar-refractivity contribution is 5.75. The standard InChI is InChI=1S/C10H12F2N2O2/c1-16-10(15)9(14)3-5-2-7(12)8(13)4-6(5)11/h2,4,9H,3,13-14H2,1H3/t9-/m0/s1. The molecule has 0 aromatic heterocycles. The first-order valence-electron chi connectivity index (χ1n) is 4.52. The molecule has 4 nitrogen and oxygen atoms in total. The van der Waals surface area contributed by atoms with Crippen molar-refractivity contribution >= 4 is 11.7 Å². The van der Waals surface area contributed by atoms with Crippen molar-refractivity contribution in [3.8, 4) is 0 Å². The SMILES string of the molecule is COC(=O)[C@@H](N)Cc1cc(F)c(N)cc1F. The minimum atomic E-state index is -1.03. The predicted molar refractivity (Wildman–Crippen MR) is 54.5 cm³/mol. The van der Waals surface area contributed by atoms with Gasteiger partial charge in [0.05, 0.1) is 12.8 Å². The van der Waals surface area contributed by atoms with Crippen LogP contribution in [-0.2, 0) is 16.0 Å². The second kappa shape index (κ2) is 4.89. The summed E-state index contributed by atoms with van der Waals surface area (Å²) >= 11 is 0. The van der Waals surface area contributed by atoms with Crippen LogP contribution in [0.3, 0.4) is 0 Å². The van der Waals surface area contributed by atoms with Crippen molar-refractivity contribution in [2.75, 3.05) is 12.8 Å². The van der Waals surface area contributed by atoms with Crippen molar-refractivity contribution in [2.45, 2.75) is 12.5 Å². The molecule has 4 N–H and O–H groups in total. The Bertz CT molecular complexity index is 410. The first kappa shape index (κ1) is 12.4. The fraction of sp³-hybridized carbons (Fsp3) is 0.300. The maximum Gasteiger partial charge on any atom is 0.322 e. The summed E-state index contributed by atoms with van der Waals surface area (Å²) in [6, 6.07) is 0.754. The Balaban J connectivity index is 2.89. The van der Waals surface area contributed by atoms with E-state index in [1.54, 1.807) is 0 Å². The number of hydrogen-bond donors (Lipinski definition) is 2. The van der Waals surface area contributed by atoms with Crippen LogP contribution >= 0.6 is 0 Å². The molecule has 0 saturated heterocycles. The molecule has 0 aliphatic rings. The molecule has 0 spiro atoms. The number of benzene rings is 1. The number of anilines is 1. The lowest BCUT2D eigenvalue weighted by Gasteiger charge is -2.10. The average Bonchev–Trinajstić information content (AvgIpc) is 2.24. The topological polar surface area (TPSA) is 78.3 Å². The monoisotopic (exact) mass is 230 g/mol. The van der Waals surface area contributed by atoms with Crippen molar-refractivity contribution in [1.29, 1.82) is 0 Å². The van der Waals surface area contributed by atoms with Crippen LogP contribution in [-0.4, -0.2) is 19.1 Å². The summed E-state index contributed by atoms with van der Waals surface area (Å²) in [6.07, 6.45) is -0.143. The molecule has 88 valence electrons. The highest BCUT2D eigenvalue weighted by atomic mass is 19.1. The van der Waals surface area contributed by atoms with Gasteiger partial charge in [-0.2, -0.15) is 0 Å². The second-order valence-electron chi connectivity index (χ2n) is 3.30. The highest BCUT2D eigenvalue weighted by Crippen LogP contribution is 2.17. The van der Waals surface area contributed by atoms with Crippen LogP contribution in [0.15, 0.2) is 12.1 Å². The van der Waals surface area contributed by atoms with Crippen molar-refractivity contribution in [2.24, 2.45) is 5.73 Å². The number of carbonyl (C=O) groups is 1. The third-order valence-electron chi connectivity index (χ3n) is 2.11. The van der Waals surface area contributed by atoms with Crippen LogP contribution in [0.1, 0.15) is 5.56 Å². The third-order valence-corrected chi connectivity index (χ3v) is 2.11. The summed E-state index contributed by atoms with van der Waals surface area (Å²) in [5.74, 6) is -2.12. The molecule has 16 heavy (non-hydrogen) atoms. The molecule has 0 amide bonds. The third kappa shape index (κ3) is 2.66. The molecular formula is C10H12F2N2O2. The summed E-state index contributed by atoms with van der Waals surface area (Å²) in [4.78, 5) is 11.0. The molecule has 1 atom stereocenters. The lowest BCUT2D eigenvalue weighted by molar-refractivity contribution is -0.142. The van der Waals surface area contributed by atoms with Gasteiger partial charge in [-0.1, -0.05) is 0 Å². The van der Waals surface area contributed by atoms with Crippen LogP contribution in [0.4, 0.5) is 14.5 Å². The van der Waals surface area contributed by atoms with Crippen LogP contribution in [0.25, 0.3) is 0 Å². The fourth-order valence-corrected chi connectivity index (χ4v) is 1.23. The molecule has 0 heterocycles. The minimum absolute atomic E-state index is 0.00963. The number of rotatable bonds is 3. The zero-order chi connectivity index (χ0) is 12.3. The van der Waals surface area contributed by atoms with Gasteiger partial charge in [0.25, 0.3) is 0 Å². The van der Waals surface area contributed by atoms with Crippen LogP contribution in [0, 0.1) is 11.6 Å². The molecule has 0 unspecified atom stereocenters. The van der Waals surface area contributed by atoms with Crippen LogP contribution in [0.5, 0.6) is 0 Å². The number of nitrogen functional groups attached to an aromatic ring is 1. The van der Waals surface area contributed by atoms with Crippen LogP contribution in [0.2, 0.25) is 0 Å². The number of carbonyl (C=O) groups excluding carboxylic acids is 1. The lowest BCUT2D eigenvalue weighted by Crippen LogP contribution is -2.34. The Hall–Kier alpha value is -1.69. The first-order chi connectivity index (χ1) is 7.45. The molecule has 1 aromatic carbocycles. The highest BCUT2D eigenvalue weighted by Gasteiger charge is 2.17. The van der Waals surface area contributed by atoms with E-state index < -0.39 is 23.6 Å². The molecule has 1 aromatic rings. The van der Waals surface area contributed by atoms with Crippen molar-refractivity contribution in [3.63, 3.8) is 0 Å². The van der Waals surface area contributed by atoms with Gasteiger partial charge in [0.15, 0.2) is 0 Å². The van der Waals surface area contributed by atoms with E-state index >= 15 is 0 Å². The van der Waals surface area contributed by atoms with Gasteiger partial charge in [-0.3, -0.25) is 4.79 Å². The number of methoxy groups -OCH3 is 1. The normalized spacial score (nSPS) is 12.2. The van der Waals surface area contributed by atoms with E-state index in [9.17, 15) is 13.6 Å². The van der Waals surface area contributed by atoms with Gasteiger partial charge in [0, 0.05) is 12.5 Å². The van der Waals surface area contributed by atoms with Gasteiger partial charge in [0.1, 0.15) is 17.7 Å². The molecule has 6 heteroatoms. The van der Waals surface area contributed by atoms with E-state index in [2.05, 4.69) is 4.74 Å². The molecular weight excluding hydrogens is 218 g/mol. The van der Waals surface area contributed by atoms with E-state index in [1.165, 1.54) is 7.11 Å². The van der Waals surface area contributed by atoms with E-state index in [1.807, 2.05) is 0 Å². The molecule has 1 rings (SSSR count). The number of hydrogen-bond acceptors (Lipinski definition) is 4. The van der Waals surface area contributed by atoms with Gasteiger partial charge in [-0.15, -0.1) is 0 Å². The maximum absolute atomic E-state index is 13.3. The Labute approximate surface area is 91.2 Å². The van der Waals surface area contributed by atoms with E-state index in [0.29, 0.717) is 0 Å². The zero-order valence-electron chi connectivity index (χ0n) is 8.67. The van der Waals surface area contributed by atoms with Gasteiger partial charge in [-0.05, 0) is 11.6 Å². The molecule has 0 fully saturated rings. The fourth-order valence-electron chi connectivity index (χ4n) is 1.23. The maximum atomic E-state index is 13.3. The van der Waals surface area contributed by atoms with Crippen LogP contribution < -0.4 is 11.5 Å². The number of nitrogens with two attached hydrogens (primary N) is 2. The largest absolute Gasteiger partial charge is 0.468 e. The predicted octanol–water partition coefficient (Wildman–Crippen LogP) is 0.590.